The molecule has 0 aliphatic carbocycles. The Kier molecular flexibility index (Phi) is 4.93. The zero-order valence-electron chi connectivity index (χ0n) is 14.9. The van der Waals surface area contributed by atoms with E-state index in [2.05, 4.69) is 0 Å². The summed E-state index contributed by atoms with van der Waals surface area (Å²) in [6, 6.07) is 10.6. The zero-order valence-corrected chi connectivity index (χ0v) is 14.9. The molecule has 2 N–H and O–H groups in total. The lowest BCUT2D eigenvalue weighted by Gasteiger charge is -2.40. The standard InChI is InChI=1S/C21H22F2N2O2/c22-14-5-7-17(18(23)11-14)20-16-4-2-1-3-13(16)9-10-25(20)21(26)19-8-6-15(24)12-27-19/h1-5,7,11,15,19-20H,6,8-10,12,24H2/t15-,19-,20-/m1/s1. The van der Waals surface area contributed by atoms with E-state index in [1.807, 2.05) is 24.3 Å². The first-order chi connectivity index (χ1) is 13.0. The van der Waals surface area contributed by atoms with Crippen LogP contribution in [-0.4, -0.2) is 36.1 Å². The normalized spacial score (nSPS) is 25.1. The number of hydrogen-bond donors (Lipinski definition) is 1. The van der Waals surface area contributed by atoms with Gasteiger partial charge in [0.05, 0.1) is 12.6 Å². The van der Waals surface area contributed by atoms with E-state index in [4.69, 9.17) is 10.5 Å². The van der Waals surface area contributed by atoms with E-state index in [1.54, 1.807) is 4.90 Å². The first kappa shape index (κ1) is 18.1. The maximum Gasteiger partial charge on any atom is 0.252 e. The van der Waals surface area contributed by atoms with Gasteiger partial charge in [0.15, 0.2) is 0 Å². The van der Waals surface area contributed by atoms with Gasteiger partial charge in [0.25, 0.3) is 5.91 Å². The van der Waals surface area contributed by atoms with E-state index in [0.717, 1.165) is 23.6 Å². The summed E-state index contributed by atoms with van der Waals surface area (Å²) in [5, 5.41) is 0. The molecule has 142 valence electrons. The molecule has 0 spiro atoms. The molecular formula is C21H22F2N2O2. The lowest BCUT2D eigenvalue weighted by Crippen LogP contribution is -2.49. The quantitative estimate of drug-likeness (QED) is 0.882. The van der Waals surface area contributed by atoms with E-state index in [1.165, 1.54) is 12.1 Å². The molecule has 1 fully saturated rings. The van der Waals surface area contributed by atoms with Crippen molar-refractivity contribution in [3.8, 4) is 0 Å². The molecule has 2 aliphatic heterocycles. The van der Waals surface area contributed by atoms with Gasteiger partial charge in [-0.2, -0.15) is 0 Å². The van der Waals surface area contributed by atoms with Crippen molar-refractivity contribution >= 4 is 5.91 Å². The second-order valence-electron chi connectivity index (χ2n) is 7.21. The minimum absolute atomic E-state index is 0.0542. The fourth-order valence-corrected chi connectivity index (χ4v) is 4.01. The van der Waals surface area contributed by atoms with Crippen LogP contribution in [0.1, 0.15) is 35.6 Å². The fourth-order valence-electron chi connectivity index (χ4n) is 4.01. The molecule has 2 aromatic carbocycles. The van der Waals surface area contributed by atoms with Crippen molar-refractivity contribution in [1.82, 2.24) is 4.90 Å². The predicted molar refractivity (Wildman–Crippen MR) is 97.0 cm³/mol. The van der Waals surface area contributed by atoms with Gasteiger partial charge < -0.3 is 15.4 Å². The minimum Gasteiger partial charge on any atom is -0.367 e. The Balaban J connectivity index is 1.73. The second-order valence-corrected chi connectivity index (χ2v) is 7.21. The van der Waals surface area contributed by atoms with Crippen LogP contribution in [0.4, 0.5) is 8.78 Å². The summed E-state index contributed by atoms with van der Waals surface area (Å²) in [7, 11) is 0. The van der Waals surface area contributed by atoms with Gasteiger partial charge in [-0.15, -0.1) is 0 Å². The van der Waals surface area contributed by atoms with Crippen LogP contribution in [0, 0.1) is 11.6 Å². The third kappa shape index (κ3) is 3.47. The average Bonchev–Trinajstić information content (AvgIpc) is 2.67. The van der Waals surface area contributed by atoms with E-state index >= 15 is 0 Å². The molecule has 2 heterocycles. The van der Waals surface area contributed by atoms with E-state index in [0.29, 0.717) is 31.6 Å². The number of halogens is 2. The molecule has 0 unspecified atom stereocenters. The maximum atomic E-state index is 14.6. The number of rotatable bonds is 2. The van der Waals surface area contributed by atoms with Crippen molar-refractivity contribution in [1.29, 1.82) is 0 Å². The van der Waals surface area contributed by atoms with Gasteiger partial charge in [-0.05, 0) is 36.5 Å². The molecule has 4 rings (SSSR count). The van der Waals surface area contributed by atoms with E-state index in [-0.39, 0.29) is 11.9 Å². The van der Waals surface area contributed by atoms with Crippen LogP contribution in [0.15, 0.2) is 42.5 Å². The number of hydrogen-bond acceptors (Lipinski definition) is 3. The van der Waals surface area contributed by atoms with Crippen LogP contribution in [0.5, 0.6) is 0 Å². The van der Waals surface area contributed by atoms with Gasteiger partial charge in [0, 0.05) is 24.2 Å². The summed E-state index contributed by atoms with van der Waals surface area (Å²) in [5.41, 5.74) is 8.09. The van der Waals surface area contributed by atoms with E-state index < -0.39 is 23.8 Å². The van der Waals surface area contributed by atoms with Crippen molar-refractivity contribution in [2.75, 3.05) is 13.2 Å². The smallest absolute Gasteiger partial charge is 0.252 e. The summed E-state index contributed by atoms with van der Waals surface area (Å²) in [4.78, 5) is 14.9. The third-order valence-corrected chi connectivity index (χ3v) is 5.41. The molecule has 0 bridgehead atoms. The van der Waals surface area contributed by atoms with Crippen LogP contribution < -0.4 is 5.73 Å². The Hall–Kier alpha value is -2.31. The number of carbonyl (C=O) groups is 1. The summed E-state index contributed by atoms with van der Waals surface area (Å²) in [6.45, 7) is 0.805. The van der Waals surface area contributed by atoms with Gasteiger partial charge in [-0.25, -0.2) is 8.78 Å². The minimum atomic E-state index is -0.652. The number of ether oxygens (including phenoxy) is 1. The highest BCUT2D eigenvalue weighted by Crippen LogP contribution is 2.37. The van der Waals surface area contributed by atoms with Gasteiger partial charge in [0.2, 0.25) is 0 Å². The average molecular weight is 372 g/mol. The molecule has 2 aromatic rings. The summed E-state index contributed by atoms with van der Waals surface area (Å²) in [6.07, 6.45) is 1.39. The van der Waals surface area contributed by atoms with Crippen LogP contribution >= 0.6 is 0 Å². The summed E-state index contributed by atoms with van der Waals surface area (Å²) in [5.74, 6) is -1.45. The van der Waals surface area contributed by atoms with Crippen molar-refractivity contribution < 1.29 is 18.3 Å². The number of amides is 1. The van der Waals surface area contributed by atoms with E-state index in [9.17, 15) is 13.6 Å². The van der Waals surface area contributed by atoms with Crippen molar-refractivity contribution in [2.45, 2.75) is 37.5 Å². The largest absolute Gasteiger partial charge is 0.367 e. The fraction of sp³-hybridized carbons (Fsp3) is 0.381. The lowest BCUT2D eigenvalue weighted by atomic mass is 9.87. The van der Waals surface area contributed by atoms with Crippen LogP contribution in [-0.2, 0) is 16.0 Å². The Morgan fingerprint density at radius 2 is 1.93 bits per heavy atom. The zero-order chi connectivity index (χ0) is 19.0. The molecule has 0 radical (unpaired) electrons. The molecule has 1 saturated heterocycles. The van der Waals surface area contributed by atoms with Crippen LogP contribution in [0.2, 0.25) is 0 Å². The topological polar surface area (TPSA) is 55.6 Å². The number of fused-ring (bicyclic) bond motifs is 1. The third-order valence-electron chi connectivity index (χ3n) is 5.41. The monoisotopic (exact) mass is 372 g/mol. The molecule has 6 heteroatoms. The molecule has 4 nitrogen and oxygen atoms in total. The molecule has 1 amide bonds. The number of benzene rings is 2. The highest BCUT2D eigenvalue weighted by Gasteiger charge is 2.38. The second kappa shape index (κ2) is 7.37. The number of nitrogens with two attached hydrogens (primary N) is 1. The van der Waals surface area contributed by atoms with Crippen molar-refractivity contribution in [3.05, 3.63) is 70.8 Å². The highest BCUT2D eigenvalue weighted by atomic mass is 19.1. The Morgan fingerprint density at radius 3 is 2.67 bits per heavy atom. The van der Waals surface area contributed by atoms with Gasteiger partial charge >= 0.3 is 0 Å². The van der Waals surface area contributed by atoms with Crippen LogP contribution in [0.3, 0.4) is 0 Å². The van der Waals surface area contributed by atoms with Crippen LogP contribution in [0.25, 0.3) is 0 Å². The van der Waals surface area contributed by atoms with Gasteiger partial charge in [-0.1, -0.05) is 30.3 Å². The first-order valence-electron chi connectivity index (χ1n) is 9.25. The Morgan fingerprint density at radius 1 is 1.11 bits per heavy atom. The Labute approximate surface area is 156 Å². The van der Waals surface area contributed by atoms with Gasteiger partial charge in [-0.3, -0.25) is 4.79 Å². The summed E-state index contributed by atoms with van der Waals surface area (Å²) >= 11 is 0. The SMILES string of the molecule is N[C@@H]1CC[C@H](C(=O)N2CCc3ccccc3[C@@H]2c2ccc(F)cc2F)OC1. The molecular weight excluding hydrogens is 350 g/mol. The van der Waals surface area contributed by atoms with Gasteiger partial charge in [0.1, 0.15) is 17.7 Å². The molecule has 3 atom stereocenters. The number of carbonyl (C=O) groups excluding carboxylic acids is 1. The molecule has 27 heavy (non-hydrogen) atoms. The molecule has 2 aliphatic rings. The number of nitrogens with zero attached hydrogens (tertiary/aromatic N) is 1. The Bertz CT molecular complexity index is 850. The van der Waals surface area contributed by atoms with Crippen molar-refractivity contribution in [3.63, 3.8) is 0 Å². The van der Waals surface area contributed by atoms with Crippen molar-refractivity contribution in [2.24, 2.45) is 5.73 Å². The first-order valence-corrected chi connectivity index (χ1v) is 9.25. The molecule has 0 saturated carbocycles. The lowest BCUT2D eigenvalue weighted by molar-refractivity contribution is -0.149. The highest BCUT2D eigenvalue weighted by molar-refractivity contribution is 5.82. The molecule has 0 aromatic heterocycles. The maximum absolute atomic E-state index is 14.6. The summed E-state index contributed by atoms with van der Waals surface area (Å²) < 4.78 is 33.7. The predicted octanol–water partition coefficient (Wildman–Crippen LogP) is 2.95.